The number of fused-ring (bicyclic) bond motifs is 1. The standard InChI is InChI=1S/C20H26N2O3S/c1-3-16-15-8-10-26-19(15)7-9-22(16)12-14-5-6-17(25-13-20(21)23)18(11-14)24-4-2/h5-6,8,10-11,16H,3-4,7,9,12-13H2,1-2H3,(H2,21,23)/t16-/m0/s1. The van der Waals surface area contributed by atoms with Gasteiger partial charge in [-0.1, -0.05) is 13.0 Å². The van der Waals surface area contributed by atoms with Crippen molar-refractivity contribution in [1.82, 2.24) is 4.90 Å². The molecule has 1 aromatic carbocycles. The van der Waals surface area contributed by atoms with Crippen LogP contribution in [0.25, 0.3) is 0 Å². The lowest BCUT2D eigenvalue weighted by Crippen LogP contribution is -2.33. The number of benzene rings is 1. The third-order valence-corrected chi connectivity index (χ3v) is 5.65. The summed E-state index contributed by atoms with van der Waals surface area (Å²) in [6.07, 6.45) is 2.21. The number of primary amides is 1. The number of nitrogens with two attached hydrogens (primary N) is 1. The monoisotopic (exact) mass is 374 g/mol. The summed E-state index contributed by atoms with van der Waals surface area (Å²) in [5, 5.41) is 2.20. The third-order valence-electron chi connectivity index (χ3n) is 4.66. The van der Waals surface area contributed by atoms with Crippen LogP contribution in [0.2, 0.25) is 0 Å². The average molecular weight is 375 g/mol. The van der Waals surface area contributed by atoms with Crippen LogP contribution < -0.4 is 15.2 Å². The molecular weight excluding hydrogens is 348 g/mol. The fraction of sp³-hybridized carbons (Fsp3) is 0.450. The highest BCUT2D eigenvalue weighted by Crippen LogP contribution is 2.37. The van der Waals surface area contributed by atoms with Crippen LogP contribution in [0.3, 0.4) is 0 Å². The van der Waals surface area contributed by atoms with Gasteiger partial charge in [0.05, 0.1) is 6.61 Å². The van der Waals surface area contributed by atoms with E-state index in [1.54, 1.807) is 0 Å². The van der Waals surface area contributed by atoms with Gasteiger partial charge in [-0.15, -0.1) is 11.3 Å². The van der Waals surface area contributed by atoms with Gasteiger partial charge in [0.1, 0.15) is 0 Å². The van der Waals surface area contributed by atoms with Crippen molar-refractivity contribution in [3.8, 4) is 11.5 Å². The predicted molar refractivity (Wildman–Crippen MR) is 104 cm³/mol. The van der Waals surface area contributed by atoms with Gasteiger partial charge in [-0.05, 0) is 54.5 Å². The molecule has 26 heavy (non-hydrogen) atoms. The number of ether oxygens (including phenoxy) is 2. The zero-order valence-electron chi connectivity index (χ0n) is 15.4. The fourth-order valence-electron chi connectivity index (χ4n) is 3.54. The summed E-state index contributed by atoms with van der Waals surface area (Å²) in [5.74, 6) is 0.718. The molecule has 1 aliphatic heterocycles. The third kappa shape index (κ3) is 4.19. The molecule has 1 aromatic heterocycles. The molecule has 1 aliphatic rings. The molecule has 5 nitrogen and oxygen atoms in total. The van der Waals surface area contributed by atoms with Gasteiger partial charge in [0, 0.05) is 24.0 Å². The molecule has 1 amide bonds. The maximum absolute atomic E-state index is 11.0. The Morgan fingerprint density at radius 2 is 2.12 bits per heavy atom. The number of rotatable bonds is 8. The van der Waals surface area contributed by atoms with Gasteiger partial charge >= 0.3 is 0 Å². The van der Waals surface area contributed by atoms with Crippen molar-refractivity contribution in [2.75, 3.05) is 19.8 Å². The lowest BCUT2D eigenvalue weighted by molar-refractivity contribution is -0.119. The predicted octanol–water partition coefficient (Wildman–Crippen LogP) is 3.52. The zero-order chi connectivity index (χ0) is 18.5. The van der Waals surface area contributed by atoms with E-state index in [0.717, 1.165) is 25.9 Å². The number of hydrogen-bond acceptors (Lipinski definition) is 5. The number of amides is 1. The summed E-state index contributed by atoms with van der Waals surface area (Å²) in [6.45, 7) is 6.50. The molecule has 6 heteroatoms. The van der Waals surface area contributed by atoms with Crippen LogP contribution in [-0.4, -0.2) is 30.6 Å². The Balaban J connectivity index is 1.77. The molecule has 2 aromatic rings. The second kappa shape index (κ2) is 8.56. The Bertz CT molecular complexity index is 759. The second-order valence-electron chi connectivity index (χ2n) is 6.41. The van der Waals surface area contributed by atoms with Crippen molar-refractivity contribution in [2.24, 2.45) is 5.73 Å². The SMILES string of the molecule is CCOc1cc(CN2CCc3sccc3[C@@H]2CC)ccc1OCC(N)=O. The van der Waals surface area contributed by atoms with Gasteiger partial charge in [0.15, 0.2) is 18.1 Å². The quantitative estimate of drug-likeness (QED) is 0.768. The van der Waals surface area contributed by atoms with Crippen LogP contribution in [-0.2, 0) is 17.8 Å². The van der Waals surface area contributed by atoms with E-state index in [4.69, 9.17) is 15.2 Å². The van der Waals surface area contributed by atoms with E-state index in [1.807, 2.05) is 36.5 Å². The first-order valence-electron chi connectivity index (χ1n) is 9.09. The Hall–Kier alpha value is -2.05. The summed E-state index contributed by atoms with van der Waals surface area (Å²) < 4.78 is 11.2. The van der Waals surface area contributed by atoms with E-state index in [1.165, 1.54) is 16.0 Å². The highest BCUT2D eigenvalue weighted by molar-refractivity contribution is 7.10. The fourth-order valence-corrected chi connectivity index (χ4v) is 4.47. The van der Waals surface area contributed by atoms with Crippen molar-refractivity contribution in [2.45, 2.75) is 39.3 Å². The molecule has 140 valence electrons. The molecule has 0 aliphatic carbocycles. The molecule has 2 heterocycles. The minimum atomic E-state index is -0.498. The molecular formula is C20H26N2O3S. The molecule has 0 saturated heterocycles. The summed E-state index contributed by atoms with van der Waals surface area (Å²) in [5.41, 5.74) is 7.83. The first-order valence-corrected chi connectivity index (χ1v) is 9.97. The van der Waals surface area contributed by atoms with E-state index in [0.29, 0.717) is 24.1 Å². The van der Waals surface area contributed by atoms with Gasteiger partial charge in [-0.2, -0.15) is 0 Å². The lowest BCUT2D eigenvalue weighted by Gasteiger charge is -2.35. The first kappa shape index (κ1) is 18.7. The molecule has 1 atom stereocenters. The summed E-state index contributed by atoms with van der Waals surface area (Å²) in [6, 6.07) is 8.65. The molecule has 3 rings (SSSR count). The van der Waals surface area contributed by atoms with Crippen molar-refractivity contribution < 1.29 is 14.3 Å². The highest BCUT2D eigenvalue weighted by Gasteiger charge is 2.27. The summed E-state index contributed by atoms with van der Waals surface area (Å²) >= 11 is 1.87. The Labute approximate surface area is 158 Å². The van der Waals surface area contributed by atoms with Gasteiger partial charge < -0.3 is 15.2 Å². The molecule has 0 radical (unpaired) electrons. The van der Waals surface area contributed by atoms with Crippen LogP contribution in [0.5, 0.6) is 11.5 Å². The number of hydrogen-bond donors (Lipinski definition) is 1. The number of carbonyl (C=O) groups is 1. The smallest absolute Gasteiger partial charge is 0.255 e. The van der Waals surface area contributed by atoms with Crippen LogP contribution in [0.4, 0.5) is 0 Å². The van der Waals surface area contributed by atoms with Crippen LogP contribution in [0, 0.1) is 0 Å². The average Bonchev–Trinajstić information content (AvgIpc) is 3.10. The minimum absolute atomic E-state index is 0.148. The second-order valence-corrected chi connectivity index (χ2v) is 7.41. The molecule has 0 bridgehead atoms. The van der Waals surface area contributed by atoms with E-state index < -0.39 is 5.91 Å². The maximum atomic E-state index is 11.0. The Morgan fingerprint density at radius 1 is 1.27 bits per heavy atom. The van der Waals surface area contributed by atoms with Crippen LogP contribution in [0.15, 0.2) is 29.6 Å². The summed E-state index contributed by atoms with van der Waals surface area (Å²) in [7, 11) is 0. The minimum Gasteiger partial charge on any atom is -0.490 e. The van der Waals surface area contributed by atoms with Crippen molar-refractivity contribution in [3.63, 3.8) is 0 Å². The lowest BCUT2D eigenvalue weighted by atomic mass is 9.97. The van der Waals surface area contributed by atoms with Crippen molar-refractivity contribution in [1.29, 1.82) is 0 Å². The number of thiophene rings is 1. The Kier molecular flexibility index (Phi) is 6.16. The van der Waals surface area contributed by atoms with E-state index in [2.05, 4.69) is 23.3 Å². The van der Waals surface area contributed by atoms with Crippen molar-refractivity contribution >= 4 is 17.2 Å². The molecule has 0 spiro atoms. The van der Waals surface area contributed by atoms with Gasteiger partial charge in [0.25, 0.3) is 5.91 Å². The van der Waals surface area contributed by atoms with E-state index >= 15 is 0 Å². The largest absolute Gasteiger partial charge is 0.490 e. The van der Waals surface area contributed by atoms with Gasteiger partial charge in [0.2, 0.25) is 0 Å². The van der Waals surface area contributed by atoms with Gasteiger partial charge in [-0.25, -0.2) is 0 Å². The van der Waals surface area contributed by atoms with E-state index in [-0.39, 0.29) is 6.61 Å². The normalized spacial score (nSPS) is 16.9. The van der Waals surface area contributed by atoms with Crippen molar-refractivity contribution in [3.05, 3.63) is 45.6 Å². The molecule has 0 fully saturated rings. The molecule has 2 N–H and O–H groups in total. The highest BCUT2D eigenvalue weighted by atomic mass is 32.1. The summed E-state index contributed by atoms with van der Waals surface area (Å²) in [4.78, 5) is 15.0. The Morgan fingerprint density at radius 3 is 2.85 bits per heavy atom. The zero-order valence-corrected chi connectivity index (χ0v) is 16.2. The first-order chi connectivity index (χ1) is 12.6. The molecule has 0 saturated carbocycles. The van der Waals surface area contributed by atoms with Crippen LogP contribution >= 0.6 is 11.3 Å². The number of nitrogens with zero attached hydrogens (tertiary/aromatic N) is 1. The topological polar surface area (TPSA) is 64.8 Å². The van der Waals surface area contributed by atoms with Gasteiger partial charge in [-0.3, -0.25) is 9.69 Å². The number of carbonyl (C=O) groups excluding carboxylic acids is 1. The maximum Gasteiger partial charge on any atom is 0.255 e. The molecule has 0 unspecified atom stereocenters. The van der Waals surface area contributed by atoms with Crippen LogP contribution in [0.1, 0.15) is 42.3 Å². The van der Waals surface area contributed by atoms with E-state index in [9.17, 15) is 4.79 Å².